The van der Waals surface area contributed by atoms with E-state index in [1.165, 1.54) is 6.42 Å². The lowest BCUT2D eigenvalue weighted by atomic mass is 9.94. The first-order valence-corrected chi connectivity index (χ1v) is 9.39. The fraction of sp³-hybridized carbons (Fsp3) is 0.400. The van der Waals surface area contributed by atoms with Gasteiger partial charge in [-0.15, -0.1) is 0 Å². The van der Waals surface area contributed by atoms with E-state index in [4.69, 9.17) is 4.98 Å². The van der Waals surface area contributed by atoms with E-state index in [-0.39, 0.29) is 0 Å². The summed E-state index contributed by atoms with van der Waals surface area (Å²) in [5.74, 6) is 3.89. The maximum absolute atomic E-state index is 4.73. The van der Waals surface area contributed by atoms with Crippen LogP contribution < -0.4 is 5.32 Å². The quantitative estimate of drug-likeness (QED) is 0.751. The molecule has 7 heteroatoms. The third-order valence-corrected chi connectivity index (χ3v) is 4.99. The van der Waals surface area contributed by atoms with Gasteiger partial charge in [0, 0.05) is 44.2 Å². The second-order valence-corrected chi connectivity index (χ2v) is 7.09. The molecule has 0 amide bonds. The Kier molecular flexibility index (Phi) is 5.11. The zero-order valence-corrected chi connectivity index (χ0v) is 15.8. The molecule has 1 saturated heterocycles. The highest BCUT2D eigenvalue weighted by atomic mass is 15.2. The summed E-state index contributed by atoms with van der Waals surface area (Å²) in [5.41, 5.74) is 1.10. The second kappa shape index (κ2) is 7.84. The summed E-state index contributed by atoms with van der Waals surface area (Å²) in [6, 6.07) is 7.86. The van der Waals surface area contributed by atoms with E-state index in [9.17, 15) is 0 Å². The van der Waals surface area contributed by atoms with Crippen molar-refractivity contribution in [2.24, 2.45) is 7.05 Å². The lowest BCUT2D eigenvalue weighted by Crippen LogP contribution is -2.35. The predicted octanol–water partition coefficient (Wildman–Crippen LogP) is 3.04. The number of aryl methyl sites for hydroxylation is 2. The van der Waals surface area contributed by atoms with Crippen LogP contribution in [-0.2, 0) is 13.6 Å². The first kappa shape index (κ1) is 17.6. The highest BCUT2D eigenvalue weighted by molar-refractivity contribution is 5.51. The molecule has 0 aliphatic carbocycles. The van der Waals surface area contributed by atoms with E-state index < -0.39 is 0 Å². The predicted molar refractivity (Wildman–Crippen MR) is 105 cm³/mol. The molecule has 0 saturated carbocycles. The van der Waals surface area contributed by atoms with Crippen LogP contribution in [0.3, 0.4) is 0 Å². The SMILES string of the molecule is Cc1nc(Nc2ccccn2)cc([C@@H]2CCCN(Cc3nccn3C)C2)n1. The summed E-state index contributed by atoms with van der Waals surface area (Å²) in [6.07, 6.45) is 7.95. The molecule has 1 aliphatic heterocycles. The van der Waals surface area contributed by atoms with Crippen molar-refractivity contribution in [2.75, 3.05) is 18.4 Å². The van der Waals surface area contributed by atoms with Gasteiger partial charge in [0.2, 0.25) is 0 Å². The zero-order valence-electron chi connectivity index (χ0n) is 15.8. The average Bonchev–Trinajstić information content (AvgIpc) is 3.07. The summed E-state index contributed by atoms with van der Waals surface area (Å²) in [5, 5.41) is 3.29. The Balaban J connectivity index is 1.49. The minimum Gasteiger partial charge on any atom is -0.337 e. The van der Waals surface area contributed by atoms with E-state index in [2.05, 4.69) is 35.8 Å². The highest BCUT2D eigenvalue weighted by Gasteiger charge is 2.24. The monoisotopic (exact) mass is 363 g/mol. The van der Waals surface area contributed by atoms with Crippen LogP contribution in [0.5, 0.6) is 0 Å². The molecule has 7 nitrogen and oxygen atoms in total. The van der Waals surface area contributed by atoms with Gasteiger partial charge in [0.25, 0.3) is 0 Å². The molecule has 0 aromatic carbocycles. The normalized spacial score (nSPS) is 17.8. The number of nitrogens with zero attached hydrogens (tertiary/aromatic N) is 6. The average molecular weight is 363 g/mol. The molecule has 0 bridgehead atoms. The minimum absolute atomic E-state index is 0.407. The van der Waals surface area contributed by atoms with Crippen molar-refractivity contribution < 1.29 is 0 Å². The summed E-state index contributed by atoms with van der Waals surface area (Å²) in [6.45, 7) is 4.92. The Morgan fingerprint density at radius 1 is 1.15 bits per heavy atom. The molecule has 1 fully saturated rings. The molecule has 3 aromatic heterocycles. The smallest absolute Gasteiger partial charge is 0.135 e. The van der Waals surface area contributed by atoms with Crippen LogP contribution in [0.25, 0.3) is 0 Å². The number of imidazole rings is 1. The molecule has 0 spiro atoms. The molecule has 0 radical (unpaired) electrons. The van der Waals surface area contributed by atoms with Crippen molar-refractivity contribution in [2.45, 2.75) is 32.2 Å². The maximum Gasteiger partial charge on any atom is 0.135 e. The topological polar surface area (TPSA) is 71.8 Å². The van der Waals surface area contributed by atoms with Crippen LogP contribution in [0.2, 0.25) is 0 Å². The van der Waals surface area contributed by atoms with E-state index >= 15 is 0 Å². The first-order valence-electron chi connectivity index (χ1n) is 9.39. The van der Waals surface area contributed by atoms with Crippen LogP contribution in [0, 0.1) is 6.92 Å². The third-order valence-electron chi connectivity index (χ3n) is 4.99. The molecular weight excluding hydrogens is 338 g/mol. The van der Waals surface area contributed by atoms with E-state index in [1.54, 1.807) is 6.20 Å². The molecule has 1 atom stereocenters. The molecule has 0 unspecified atom stereocenters. The molecule has 1 aliphatic rings. The largest absolute Gasteiger partial charge is 0.337 e. The number of aromatic nitrogens is 5. The summed E-state index contributed by atoms with van der Waals surface area (Å²) < 4.78 is 2.09. The van der Waals surface area contributed by atoms with Crippen LogP contribution in [0.1, 0.15) is 36.1 Å². The van der Waals surface area contributed by atoms with E-state index in [0.717, 1.165) is 55.0 Å². The van der Waals surface area contributed by atoms with Gasteiger partial charge in [-0.05, 0) is 38.4 Å². The summed E-state index contributed by atoms with van der Waals surface area (Å²) >= 11 is 0. The van der Waals surface area contributed by atoms with E-state index in [1.807, 2.05) is 44.6 Å². The van der Waals surface area contributed by atoms with Crippen LogP contribution in [0.15, 0.2) is 42.9 Å². The van der Waals surface area contributed by atoms with Crippen LogP contribution >= 0.6 is 0 Å². The number of pyridine rings is 1. The zero-order chi connectivity index (χ0) is 18.6. The van der Waals surface area contributed by atoms with Gasteiger partial charge in [0.05, 0.1) is 12.2 Å². The van der Waals surface area contributed by atoms with Crippen molar-refractivity contribution in [1.82, 2.24) is 29.4 Å². The van der Waals surface area contributed by atoms with Gasteiger partial charge < -0.3 is 9.88 Å². The number of likely N-dealkylation sites (tertiary alicyclic amines) is 1. The summed E-state index contributed by atoms with van der Waals surface area (Å²) in [4.78, 5) is 20.5. The van der Waals surface area contributed by atoms with Gasteiger partial charge in [-0.1, -0.05) is 6.07 Å². The molecule has 1 N–H and O–H groups in total. The van der Waals surface area contributed by atoms with Gasteiger partial charge in [0.1, 0.15) is 23.3 Å². The van der Waals surface area contributed by atoms with Crippen molar-refractivity contribution in [3.05, 3.63) is 60.2 Å². The van der Waals surface area contributed by atoms with Gasteiger partial charge in [-0.2, -0.15) is 0 Å². The van der Waals surface area contributed by atoms with Crippen molar-refractivity contribution >= 4 is 11.6 Å². The van der Waals surface area contributed by atoms with Crippen molar-refractivity contribution in [3.63, 3.8) is 0 Å². The van der Waals surface area contributed by atoms with Gasteiger partial charge in [-0.3, -0.25) is 4.90 Å². The molecule has 3 aromatic rings. The number of hydrogen-bond acceptors (Lipinski definition) is 6. The molecule has 4 heterocycles. The van der Waals surface area contributed by atoms with Crippen molar-refractivity contribution in [3.8, 4) is 0 Å². The number of hydrogen-bond donors (Lipinski definition) is 1. The lowest BCUT2D eigenvalue weighted by molar-refractivity contribution is 0.192. The number of anilines is 2. The Morgan fingerprint density at radius 3 is 2.85 bits per heavy atom. The van der Waals surface area contributed by atoms with Crippen LogP contribution in [-0.4, -0.2) is 42.5 Å². The van der Waals surface area contributed by atoms with Gasteiger partial charge >= 0.3 is 0 Å². The third kappa shape index (κ3) is 4.31. The molecule has 140 valence electrons. The van der Waals surface area contributed by atoms with Crippen molar-refractivity contribution in [1.29, 1.82) is 0 Å². The highest BCUT2D eigenvalue weighted by Crippen LogP contribution is 2.28. The Hall–Kier alpha value is -2.80. The lowest BCUT2D eigenvalue weighted by Gasteiger charge is -2.32. The Morgan fingerprint density at radius 2 is 2.07 bits per heavy atom. The van der Waals surface area contributed by atoms with Gasteiger partial charge in [0.15, 0.2) is 0 Å². The Labute approximate surface area is 159 Å². The minimum atomic E-state index is 0.407. The first-order chi connectivity index (χ1) is 13.2. The number of rotatable bonds is 5. The van der Waals surface area contributed by atoms with Gasteiger partial charge in [-0.25, -0.2) is 19.9 Å². The molecular formula is C20H25N7. The maximum atomic E-state index is 4.73. The number of piperidine rings is 1. The fourth-order valence-corrected chi connectivity index (χ4v) is 3.62. The molecule has 4 rings (SSSR count). The standard InChI is InChI=1S/C20H25N7/c1-15-23-17(12-19(24-15)25-18-7-3-4-8-21-18)16-6-5-10-27(13-16)14-20-22-9-11-26(20)2/h3-4,7-9,11-12,16H,5-6,10,13-14H2,1-2H3,(H,21,23,24,25)/t16-/m1/s1. The fourth-order valence-electron chi connectivity index (χ4n) is 3.62. The Bertz CT molecular complexity index is 890. The van der Waals surface area contributed by atoms with E-state index in [0.29, 0.717) is 5.92 Å². The summed E-state index contributed by atoms with van der Waals surface area (Å²) in [7, 11) is 2.05. The molecule has 27 heavy (non-hydrogen) atoms. The van der Waals surface area contributed by atoms with Crippen LogP contribution in [0.4, 0.5) is 11.6 Å². The number of nitrogens with one attached hydrogen (secondary N) is 1. The second-order valence-electron chi connectivity index (χ2n) is 7.09.